The number of fused-ring (bicyclic) bond motifs is 1. The Bertz CT molecular complexity index is 525. The summed E-state index contributed by atoms with van der Waals surface area (Å²) in [6.45, 7) is 3.44. The summed E-state index contributed by atoms with van der Waals surface area (Å²) in [5.41, 5.74) is 2.55. The van der Waals surface area contributed by atoms with E-state index in [1.54, 1.807) is 0 Å². The molecule has 2 heteroatoms. The molecule has 1 aromatic carbocycles. The minimum atomic E-state index is 0.217. The van der Waals surface area contributed by atoms with E-state index in [-0.39, 0.29) is 12.5 Å². The topological polar surface area (TPSA) is 25.2 Å². The van der Waals surface area contributed by atoms with Crippen molar-refractivity contribution >= 4 is 10.9 Å². The van der Waals surface area contributed by atoms with Gasteiger partial charge in [-0.25, -0.2) is 0 Å². The van der Waals surface area contributed by atoms with E-state index in [4.69, 9.17) is 0 Å². The highest BCUT2D eigenvalue weighted by Crippen LogP contribution is 2.32. The molecule has 0 saturated heterocycles. The maximum absolute atomic E-state index is 9.19. The van der Waals surface area contributed by atoms with E-state index in [2.05, 4.69) is 42.0 Å². The summed E-state index contributed by atoms with van der Waals surface area (Å²) < 4.78 is 2.36. The molecule has 1 heterocycles. The molecule has 0 spiro atoms. The Kier molecular flexibility index (Phi) is 2.67. The lowest BCUT2D eigenvalue weighted by atomic mass is 10.0. The van der Waals surface area contributed by atoms with Gasteiger partial charge in [-0.2, -0.15) is 0 Å². The van der Waals surface area contributed by atoms with Gasteiger partial charge in [0.1, 0.15) is 0 Å². The standard InChI is InChI=1S/C15H19NO/c1-11(10-17)13-4-5-15-14(8-13)6-7-16(15)9-12-2-3-12/h4-8,11-12,17H,2-3,9-10H2,1H3. The van der Waals surface area contributed by atoms with Gasteiger partial charge in [-0.3, -0.25) is 0 Å². The summed E-state index contributed by atoms with van der Waals surface area (Å²) in [6.07, 6.45) is 4.97. The van der Waals surface area contributed by atoms with Gasteiger partial charge in [0.2, 0.25) is 0 Å². The second-order valence-corrected chi connectivity index (χ2v) is 5.31. The molecule has 17 heavy (non-hydrogen) atoms. The largest absolute Gasteiger partial charge is 0.396 e. The third kappa shape index (κ3) is 2.09. The normalized spacial score (nSPS) is 17.5. The fraction of sp³-hybridized carbons (Fsp3) is 0.467. The predicted octanol–water partition coefficient (Wildman–Crippen LogP) is 3.15. The van der Waals surface area contributed by atoms with E-state index in [1.807, 2.05) is 0 Å². The van der Waals surface area contributed by atoms with Gasteiger partial charge in [-0.15, -0.1) is 0 Å². The molecular formula is C15H19NO. The summed E-state index contributed by atoms with van der Waals surface area (Å²) >= 11 is 0. The number of rotatable bonds is 4. The number of benzene rings is 1. The van der Waals surface area contributed by atoms with Crippen LogP contribution in [-0.2, 0) is 6.54 Å². The molecule has 0 radical (unpaired) electrons. The molecular weight excluding hydrogens is 210 g/mol. The second kappa shape index (κ2) is 4.19. The van der Waals surface area contributed by atoms with E-state index in [1.165, 1.54) is 35.9 Å². The van der Waals surface area contributed by atoms with E-state index in [9.17, 15) is 5.11 Å². The fourth-order valence-electron chi connectivity index (χ4n) is 2.37. The van der Waals surface area contributed by atoms with Crippen molar-refractivity contribution in [2.24, 2.45) is 5.92 Å². The third-order valence-corrected chi connectivity index (χ3v) is 3.79. The number of aliphatic hydroxyl groups is 1. The molecule has 0 aliphatic heterocycles. The monoisotopic (exact) mass is 229 g/mol. The van der Waals surface area contributed by atoms with Gasteiger partial charge in [-0.1, -0.05) is 13.0 Å². The number of aliphatic hydroxyl groups excluding tert-OH is 1. The first-order chi connectivity index (χ1) is 8.28. The smallest absolute Gasteiger partial charge is 0.0497 e. The Hall–Kier alpha value is -1.28. The molecule has 1 fully saturated rings. The zero-order valence-corrected chi connectivity index (χ0v) is 10.3. The Morgan fingerprint density at radius 2 is 2.18 bits per heavy atom. The van der Waals surface area contributed by atoms with Crippen LogP contribution in [-0.4, -0.2) is 16.3 Å². The Morgan fingerprint density at radius 3 is 2.88 bits per heavy atom. The number of aromatic nitrogens is 1. The van der Waals surface area contributed by atoms with Crippen LogP contribution >= 0.6 is 0 Å². The highest BCUT2D eigenvalue weighted by atomic mass is 16.3. The highest BCUT2D eigenvalue weighted by Gasteiger charge is 2.22. The van der Waals surface area contributed by atoms with Crippen molar-refractivity contribution in [3.63, 3.8) is 0 Å². The quantitative estimate of drug-likeness (QED) is 0.856. The zero-order chi connectivity index (χ0) is 11.8. The molecule has 90 valence electrons. The molecule has 1 atom stereocenters. The first-order valence-electron chi connectivity index (χ1n) is 6.47. The molecule has 3 rings (SSSR count). The lowest BCUT2D eigenvalue weighted by Gasteiger charge is -2.09. The van der Waals surface area contributed by atoms with Crippen LogP contribution in [0.4, 0.5) is 0 Å². The minimum absolute atomic E-state index is 0.217. The summed E-state index contributed by atoms with van der Waals surface area (Å²) in [7, 11) is 0. The van der Waals surface area contributed by atoms with Crippen LogP contribution in [0.5, 0.6) is 0 Å². The van der Waals surface area contributed by atoms with Crippen molar-refractivity contribution in [3.8, 4) is 0 Å². The SMILES string of the molecule is CC(CO)c1ccc2c(ccn2CC2CC2)c1. The van der Waals surface area contributed by atoms with Crippen LogP contribution in [0, 0.1) is 5.92 Å². The Labute approximate surface area is 102 Å². The van der Waals surface area contributed by atoms with E-state index in [0.717, 1.165) is 5.92 Å². The van der Waals surface area contributed by atoms with Crippen molar-refractivity contribution in [2.45, 2.75) is 32.2 Å². The number of hydrogen-bond acceptors (Lipinski definition) is 1. The lowest BCUT2D eigenvalue weighted by molar-refractivity contribution is 0.273. The summed E-state index contributed by atoms with van der Waals surface area (Å²) in [5, 5.41) is 10.5. The molecule has 1 saturated carbocycles. The number of hydrogen-bond donors (Lipinski definition) is 1. The number of nitrogens with zero attached hydrogens (tertiary/aromatic N) is 1. The first kappa shape index (κ1) is 10.8. The van der Waals surface area contributed by atoms with Gasteiger partial charge in [0, 0.05) is 30.8 Å². The molecule has 0 bridgehead atoms. The van der Waals surface area contributed by atoms with Gasteiger partial charge >= 0.3 is 0 Å². The van der Waals surface area contributed by atoms with Crippen molar-refractivity contribution in [1.82, 2.24) is 4.57 Å². The second-order valence-electron chi connectivity index (χ2n) is 5.31. The van der Waals surface area contributed by atoms with Crippen molar-refractivity contribution < 1.29 is 5.11 Å². The van der Waals surface area contributed by atoms with Crippen LogP contribution in [0.2, 0.25) is 0 Å². The average Bonchev–Trinajstić information content (AvgIpc) is 3.09. The lowest BCUT2D eigenvalue weighted by Crippen LogP contribution is -2.00. The highest BCUT2D eigenvalue weighted by molar-refractivity contribution is 5.81. The van der Waals surface area contributed by atoms with Gasteiger partial charge < -0.3 is 9.67 Å². The fourth-order valence-corrected chi connectivity index (χ4v) is 2.37. The molecule has 1 aliphatic rings. The summed E-state index contributed by atoms with van der Waals surface area (Å²) in [4.78, 5) is 0. The van der Waals surface area contributed by atoms with E-state index in [0.29, 0.717) is 0 Å². The van der Waals surface area contributed by atoms with Gasteiger partial charge in [0.25, 0.3) is 0 Å². The third-order valence-electron chi connectivity index (χ3n) is 3.79. The molecule has 2 aromatic rings. The van der Waals surface area contributed by atoms with Crippen molar-refractivity contribution in [2.75, 3.05) is 6.61 Å². The molecule has 1 aromatic heterocycles. The van der Waals surface area contributed by atoms with Gasteiger partial charge in [-0.05, 0) is 47.9 Å². The molecule has 1 unspecified atom stereocenters. The first-order valence-corrected chi connectivity index (χ1v) is 6.47. The average molecular weight is 229 g/mol. The molecule has 0 amide bonds. The minimum Gasteiger partial charge on any atom is -0.396 e. The molecule has 2 nitrogen and oxygen atoms in total. The summed E-state index contributed by atoms with van der Waals surface area (Å²) in [5.74, 6) is 1.13. The van der Waals surface area contributed by atoms with Crippen LogP contribution in [0.3, 0.4) is 0 Å². The Balaban J connectivity index is 1.95. The maximum atomic E-state index is 9.19. The Morgan fingerprint density at radius 1 is 1.35 bits per heavy atom. The molecule has 1 N–H and O–H groups in total. The van der Waals surface area contributed by atoms with Crippen LogP contribution in [0.25, 0.3) is 10.9 Å². The predicted molar refractivity (Wildman–Crippen MR) is 70.2 cm³/mol. The summed E-state index contributed by atoms with van der Waals surface area (Å²) in [6, 6.07) is 8.73. The van der Waals surface area contributed by atoms with Crippen LogP contribution < -0.4 is 0 Å². The van der Waals surface area contributed by atoms with E-state index >= 15 is 0 Å². The van der Waals surface area contributed by atoms with E-state index < -0.39 is 0 Å². The zero-order valence-electron chi connectivity index (χ0n) is 10.3. The van der Waals surface area contributed by atoms with Crippen molar-refractivity contribution in [3.05, 3.63) is 36.0 Å². The molecule has 1 aliphatic carbocycles. The van der Waals surface area contributed by atoms with Gasteiger partial charge in [0.15, 0.2) is 0 Å². The maximum Gasteiger partial charge on any atom is 0.0497 e. The van der Waals surface area contributed by atoms with Crippen LogP contribution in [0.15, 0.2) is 30.5 Å². The van der Waals surface area contributed by atoms with Crippen LogP contribution in [0.1, 0.15) is 31.2 Å². The van der Waals surface area contributed by atoms with Gasteiger partial charge in [0.05, 0.1) is 0 Å². The van der Waals surface area contributed by atoms with Crippen molar-refractivity contribution in [1.29, 1.82) is 0 Å².